The zero-order valence-corrected chi connectivity index (χ0v) is 17.3. The highest BCUT2D eigenvalue weighted by Crippen LogP contribution is 2.31. The Labute approximate surface area is 178 Å². The summed E-state index contributed by atoms with van der Waals surface area (Å²) in [6, 6.07) is 7.60. The van der Waals surface area contributed by atoms with E-state index in [9.17, 15) is 14.9 Å². The van der Waals surface area contributed by atoms with Gasteiger partial charge in [0.1, 0.15) is 11.8 Å². The van der Waals surface area contributed by atoms with Gasteiger partial charge in [0, 0.05) is 48.8 Å². The first-order valence-electron chi connectivity index (χ1n) is 9.67. The van der Waals surface area contributed by atoms with Gasteiger partial charge in [0.25, 0.3) is 0 Å². The normalized spacial score (nSPS) is 21.6. The quantitative estimate of drug-likeness (QED) is 0.410. The third-order valence-electron chi connectivity index (χ3n) is 5.29. The van der Waals surface area contributed by atoms with Crippen molar-refractivity contribution < 1.29 is 14.5 Å². The minimum atomic E-state index is -0.524. The van der Waals surface area contributed by atoms with E-state index in [4.69, 9.17) is 16.3 Å². The Kier molecular flexibility index (Phi) is 5.48. The molecule has 30 heavy (non-hydrogen) atoms. The summed E-state index contributed by atoms with van der Waals surface area (Å²) in [5, 5.41) is 11.5. The van der Waals surface area contributed by atoms with Gasteiger partial charge < -0.3 is 19.8 Å². The van der Waals surface area contributed by atoms with E-state index in [0.29, 0.717) is 31.2 Å². The SMILES string of the molecule is CC1(CN2CCN(C(=O)C=Cc3ccc(Cl)cc3)CC2)Cn2cc([N+](=O)[O-])nc2O1. The maximum absolute atomic E-state index is 12.5. The van der Waals surface area contributed by atoms with Crippen LogP contribution < -0.4 is 4.74 Å². The van der Waals surface area contributed by atoms with Crippen molar-refractivity contribution in [2.75, 3.05) is 32.7 Å². The van der Waals surface area contributed by atoms with Crippen molar-refractivity contribution in [1.29, 1.82) is 0 Å². The summed E-state index contributed by atoms with van der Waals surface area (Å²) in [4.78, 5) is 30.8. The summed E-state index contributed by atoms with van der Waals surface area (Å²) >= 11 is 5.88. The number of fused-ring (bicyclic) bond motifs is 1. The largest absolute Gasteiger partial charge is 0.436 e. The average Bonchev–Trinajstić information content (AvgIpc) is 3.23. The van der Waals surface area contributed by atoms with Crippen LogP contribution in [0.5, 0.6) is 6.01 Å². The van der Waals surface area contributed by atoms with E-state index in [0.717, 1.165) is 18.7 Å². The standard InChI is InChI=1S/C20H22ClN5O4/c1-20(14-25-12-17(26(28)29)22-19(25)30-20)13-23-8-10-24(11-9-23)18(27)7-4-15-2-5-16(21)6-3-15/h2-7,12H,8-11,13-14H2,1H3. The number of aromatic nitrogens is 2. The second-order valence-corrected chi connectivity index (χ2v) is 8.24. The molecule has 2 aliphatic rings. The van der Waals surface area contributed by atoms with Gasteiger partial charge in [-0.25, -0.2) is 0 Å². The van der Waals surface area contributed by atoms with Crippen LogP contribution in [0.3, 0.4) is 0 Å². The van der Waals surface area contributed by atoms with Gasteiger partial charge in [0.2, 0.25) is 5.91 Å². The number of nitrogens with zero attached hydrogens (tertiary/aromatic N) is 5. The lowest BCUT2D eigenvalue weighted by Crippen LogP contribution is -2.53. The number of carbonyl (C=O) groups is 1. The van der Waals surface area contributed by atoms with Crippen LogP contribution in [-0.2, 0) is 11.3 Å². The van der Waals surface area contributed by atoms with E-state index in [-0.39, 0.29) is 17.7 Å². The second-order valence-electron chi connectivity index (χ2n) is 7.80. The fourth-order valence-corrected chi connectivity index (χ4v) is 3.94. The predicted octanol–water partition coefficient (Wildman–Crippen LogP) is 2.45. The zero-order valence-electron chi connectivity index (χ0n) is 16.5. The van der Waals surface area contributed by atoms with E-state index >= 15 is 0 Å². The summed E-state index contributed by atoms with van der Waals surface area (Å²) < 4.78 is 7.58. The van der Waals surface area contributed by atoms with Crippen molar-refractivity contribution >= 4 is 29.4 Å². The molecule has 158 valence electrons. The van der Waals surface area contributed by atoms with Crippen molar-refractivity contribution in [3.05, 3.63) is 57.2 Å². The zero-order chi connectivity index (χ0) is 21.3. The van der Waals surface area contributed by atoms with Crippen LogP contribution in [-0.4, -0.2) is 68.5 Å². The number of rotatable bonds is 5. The molecule has 1 aromatic heterocycles. The molecular weight excluding hydrogens is 410 g/mol. The monoisotopic (exact) mass is 431 g/mol. The summed E-state index contributed by atoms with van der Waals surface area (Å²) in [5.41, 5.74) is 0.424. The Morgan fingerprint density at radius 3 is 2.63 bits per heavy atom. The van der Waals surface area contributed by atoms with Crippen LogP contribution in [0.1, 0.15) is 12.5 Å². The first-order valence-corrected chi connectivity index (χ1v) is 10.0. The molecule has 0 spiro atoms. The van der Waals surface area contributed by atoms with Gasteiger partial charge >= 0.3 is 11.8 Å². The van der Waals surface area contributed by atoms with Crippen molar-refractivity contribution in [3.8, 4) is 6.01 Å². The molecule has 0 radical (unpaired) electrons. The summed E-state index contributed by atoms with van der Waals surface area (Å²) in [6.45, 7) is 5.88. The maximum atomic E-state index is 12.5. The van der Waals surface area contributed by atoms with Crippen molar-refractivity contribution in [1.82, 2.24) is 19.4 Å². The van der Waals surface area contributed by atoms with Gasteiger partial charge in [-0.2, -0.15) is 0 Å². The molecule has 1 amide bonds. The van der Waals surface area contributed by atoms with Gasteiger partial charge in [-0.1, -0.05) is 23.7 Å². The molecule has 0 bridgehead atoms. The number of piperazine rings is 1. The fourth-order valence-electron chi connectivity index (χ4n) is 3.81. The third kappa shape index (κ3) is 4.47. The Hall–Kier alpha value is -2.91. The number of halogens is 1. The number of ether oxygens (including phenoxy) is 1. The number of hydrogen-bond donors (Lipinski definition) is 0. The molecule has 4 rings (SSSR count). The smallest absolute Gasteiger partial charge is 0.415 e. The van der Waals surface area contributed by atoms with Gasteiger partial charge in [0.15, 0.2) is 0 Å². The summed E-state index contributed by atoms with van der Waals surface area (Å²) in [5.74, 6) is -0.216. The molecule has 0 aliphatic carbocycles. The highest BCUT2D eigenvalue weighted by Gasteiger charge is 2.41. The van der Waals surface area contributed by atoms with Crippen LogP contribution in [0.25, 0.3) is 6.08 Å². The lowest BCUT2D eigenvalue weighted by atomic mass is 10.1. The molecule has 9 nitrogen and oxygen atoms in total. The highest BCUT2D eigenvalue weighted by atomic mass is 35.5. The van der Waals surface area contributed by atoms with Gasteiger partial charge in [-0.3, -0.25) is 14.3 Å². The number of imidazole rings is 1. The molecule has 3 heterocycles. The van der Waals surface area contributed by atoms with Crippen molar-refractivity contribution in [2.45, 2.75) is 19.1 Å². The highest BCUT2D eigenvalue weighted by molar-refractivity contribution is 6.30. The van der Waals surface area contributed by atoms with Crippen LogP contribution in [0, 0.1) is 10.1 Å². The van der Waals surface area contributed by atoms with E-state index in [1.807, 2.05) is 24.0 Å². The molecule has 1 fully saturated rings. The minimum Gasteiger partial charge on any atom is -0.436 e. The van der Waals surface area contributed by atoms with Gasteiger partial charge in [-0.05, 0) is 35.6 Å². The number of benzene rings is 1. The Balaban J connectivity index is 1.27. The van der Waals surface area contributed by atoms with Crippen LogP contribution in [0.15, 0.2) is 36.5 Å². The minimum absolute atomic E-state index is 0.0135. The molecule has 0 N–H and O–H groups in total. The Morgan fingerprint density at radius 2 is 2.00 bits per heavy atom. The molecule has 2 aliphatic heterocycles. The van der Waals surface area contributed by atoms with Gasteiger partial charge in [-0.15, -0.1) is 0 Å². The molecule has 1 aromatic carbocycles. The lowest BCUT2D eigenvalue weighted by molar-refractivity contribution is -0.389. The third-order valence-corrected chi connectivity index (χ3v) is 5.54. The van der Waals surface area contributed by atoms with Crippen molar-refractivity contribution in [2.24, 2.45) is 0 Å². The van der Waals surface area contributed by atoms with Crippen LogP contribution in [0.2, 0.25) is 5.02 Å². The lowest BCUT2D eigenvalue weighted by Gasteiger charge is -2.37. The summed E-state index contributed by atoms with van der Waals surface area (Å²) in [6.07, 6.45) is 4.79. The molecule has 1 saturated heterocycles. The second kappa shape index (κ2) is 8.08. The number of hydrogen-bond acceptors (Lipinski definition) is 6. The van der Waals surface area contributed by atoms with Gasteiger partial charge in [0.05, 0.1) is 6.54 Å². The first-order chi connectivity index (χ1) is 14.3. The van der Waals surface area contributed by atoms with Crippen LogP contribution in [0.4, 0.5) is 5.82 Å². The molecule has 0 saturated carbocycles. The number of carbonyl (C=O) groups excluding carboxylic acids is 1. The molecule has 2 aromatic rings. The van der Waals surface area contributed by atoms with E-state index in [1.165, 1.54) is 6.20 Å². The van der Waals surface area contributed by atoms with Crippen LogP contribution >= 0.6 is 11.6 Å². The first kappa shape index (κ1) is 20.4. The van der Waals surface area contributed by atoms with E-state index in [1.54, 1.807) is 28.9 Å². The molecular formula is C20H22ClN5O4. The molecule has 1 unspecified atom stereocenters. The number of amides is 1. The summed E-state index contributed by atoms with van der Waals surface area (Å²) in [7, 11) is 0. The Morgan fingerprint density at radius 1 is 1.30 bits per heavy atom. The average molecular weight is 432 g/mol. The molecule has 10 heteroatoms. The predicted molar refractivity (Wildman–Crippen MR) is 111 cm³/mol. The van der Waals surface area contributed by atoms with E-state index in [2.05, 4.69) is 9.88 Å². The van der Waals surface area contributed by atoms with E-state index < -0.39 is 10.5 Å². The topological polar surface area (TPSA) is 93.7 Å². The maximum Gasteiger partial charge on any atom is 0.415 e. The van der Waals surface area contributed by atoms with Crippen molar-refractivity contribution in [3.63, 3.8) is 0 Å². The Bertz CT molecular complexity index is 956. The number of nitro groups is 1. The molecule has 1 atom stereocenters. The fraction of sp³-hybridized carbons (Fsp3) is 0.400.